The van der Waals surface area contributed by atoms with Crippen molar-refractivity contribution in [3.8, 4) is 22.5 Å². The molecule has 0 radical (unpaired) electrons. The third-order valence-electron chi connectivity index (χ3n) is 13.3. The van der Waals surface area contributed by atoms with Crippen molar-refractivity contribution >= 4 is 52.0 Å². The zero-order valence-electron chi connectivity index (χ0n) is 40.0. The Labute approximate surface area is 395 Å². The van der Waals surface area contributed by atoms with Gasteiger partial charge in [-0.3, -0.25) is 29.2 Å². The lowest BCUT2D eigenvalue weighted by Gasteiger charge is -2.37. The Morgan fingerprint density at radius 1 is 1.16 bits per heavy atom. The van der Waals surface area contributed by atoms with Crippen molar-refractivity contribution in [3.05, 3.63) is 70.8 Å². The smallest absolute Gasteiger partial charge is 0.324 e. The number of hydrogen-bond acceptors (Lipinski definition) is 11. The van der Waals surface area contributed by atoms with Crippen LogP contribution in [0.4, 0.5) is 9.18 Å². The Morgan fingerprint density at radius 3 is 2.63 bits per heavy atom. The number of cyclic esters (lactones) is 1. The number of nitrogens with one attached hydrogen (secondary N) is 2. The van der Waals surface area contributed by atoms with Gasteiger partial charge in [-0.2, -0.15) is 0 Å². The Kier molecular flexibility index (Phi) is 14.9. The van der Waals surface area contributed by atoms with Gasteiger partial charge >= 0.3 is 12.0 Å². The maximum absolute atomic E-state index is 15.3. The van der Waals surface area contributed by atoms with Gasteiger partial charge in [0.05, 0.1) is 47.4 Å². The second-order valence-electron chi connectivity index (χ2n) is 19.0. The van der Waals surface area contributed by atoms with Gasteiger partial charge in [0.15, 0.2) is 0 Å². The number of carbonyl (C=O) groups excluding carboxylic acids is 5. The van der Waals surface area contributed by atoms with Crippen LogP contribution < -0.4 is 10.7 Å². The molecule has 0 unspecified atom stereocenters. The summed E-state index contributed by atoms with van der Waals surface area (Å²) in [4.78, 5) is 82.9. The first-order valence-electron chi connectivity index (χ1n) is 23.0. The molecular weight excluding hydrogens is 878 g/mol. The number of rotatable bonds is 10. The average molecular weight is 942 g/mol. The molecule has 3 aromatic heterocycles. The molecule has 6 bridgehead atoms. The molecule has 0 aliphatic carbocycles. The molecule has 360 valence electrons. The number of methoxy groups -OCH3 is 1. The molecule has 5 amide bonds. The van der Waals surface area contributed by atoms with Gasteiger partial charge in [-0.1, -0.05) is 40.3 Å². The van der Waals surface area contributed by atoms with Crippen molar-refractivity contribution in [2.75, 3.05) is 47.4 Å². The SMILES string of the molecule is C=CC(=O)N(C)[C@H]1CN(C(=O)N(C)[C@H](C(=O)N[C@H]2Cc3nc(cs3)-c3ccc4c(c3)c(c(-c3cccnc3[C@H](C)OC)n4CC)CC(C)(C)COC(=O)[C@@H]3CCCN(N3)C2=O)C(C)C)C[C@@H]1F. The normalized spacial score (nSPS) is 22.0. The van der Waals surface area contributed by atoms with Gasteiger partial charge < -0.3 is 34.1 Å². The van der Waals surface area contributed by atoms with E-state index in [2.05, 4.69) is 60.9 Å². The van der Waals surface area contributed by atoms with Crippen LogP contribution in [-0.4, -0.2) is 142 Å². The van der Waals surface area contributed by atoms with Crippen molar-refractivity contribution in [1.82, 2.24) is 45.0 Å². The number of likely N-dealkylation sites (N-methyl/N-ethyl adjacent to an activating group) is 2. The molecule has 0 spiro atoms. The van der Waals surface area contributed by atoms with Crippen LogP contribution in [0.5, 0.6) is 0 Å². The molecule has 3 aliphatic heterocycles. The van der Waals surface area contributed by atoms with Gasteiger partial charge in [0.25, 0.3) is 5.91 Å². The Balaban J connectivity index is 1.25. The molecule has 18 heteroatoms. The van der Waals surface area contributed by atoms with Crippen LogP contribution in [0.3, 0.4) is 0 Å². The van der Waals surface area contributed by atoms with Gasteiger partial charge in [-0.25, -0.2) is 19.6 Å². The molecule has 1 aromatic carbocycles. The number of alkyl halides is 1. The van der Waals surface area contributed by atoms with E-state index in [1.807, 2.05) is 24.4 Å². The molecule has 16 nitrogen and oxygen atoms in total. The van der Waals surface area contributed by atoms with Crippen LogP contribution in [-0.2, 0) is 48.0 Å². The summed E-state index contributed by atoms with van der Waals surface area (Å²) < 4.78 is 29.5. The highest BCUT2D eigenvalue weighted by Crippen LogP contribution is 2.42. The molecule has 6 atom stereocenters. The van der Waals surface area contributed by atoms with Crippen LogP contribution in [0.15, 0.2) is 54.6 Å². The number of likely N-dealkylation sites (tertiary alicyclic amines) is 1. The number of nitrogens with zero attached hydrogens (tertiary/aromatic N) is 7. The molecule has 67 heavy (non-hydrogen) atoms. The zero-order valence-corrected chi connectivity index (χ0v) is 40.8. The molecule has 2 fully saturated rings. The number of esters is 1. The number of pyridine rings is 1. The highest BCUT2D eigenvalue weighted by molar-refractivity contribution is 7.10. The quantitative estimate of drug-likeness (QED) is 0.143. The average Bonchev–Trinajstić information content (AvgIpc) is 4.03. The second-order valence-corrected chi connectivity index (χ2v) is 19.9. The van der Waals surface area contributed by atoms with Crippen LogP contribution in [0.1, 0.15) is 76.8 Å². The van der Waals surface area contributed by atoms with Crippen molar-refractivity contribution in [3.63, 3.8) is 0 Å². The number of urea groups is 1. The maximum Gasteiger partial charge on any atom is 0.324 e. The lowest BCUT2D eigenvalue weighted by Crippen LogP contribution is -2.62. The lowest BCUT2D eigenvalue weighted by atomic mass is 9.84. The van der Waals surface area contributed by atoms with Crippen molar-refractivity contribution in [2.24, 2.45) is 11.3 Å². The Bertz CT molecular complexity index is 2520. The van der Waals surface area contributed by atoms with E-state index in [1.54, 1.807) is 27.2 Å². The van der Waals surface area contributed by atoms with Crippen LogP contribution in [0, 0.1) is 11.3 Å². The molecular formula is C49H64FN9O7S. The number of aromatic nitrogens is 3. The van der Waals surface area contributed by atoms with Crippen molar-refractivity contribution < 1.29 is 37.8 Å². The largest absolute Gasteiger partial charge is 0.464 e. The van der Waals surface area contributed by atoms with E-state index < -0.39 is 71.4 Å². The fourth-order valence-electron chi connectivity index (χ4n) is 9.66. The first kappa shape index (κ1) is 49.2. The standard InChI is InChI=1S/C49H64FN9O7S/c1-11-41(60)55(8)39-25-57(24-34(39)50)48(64)56(9)43(28(3)4)45(61)53-36-22-40-52-37(26-67-40)30-17-18-38-32(21-30)33(44(58(38)12-2)31-15-13-19-51-42(31)29(5)65-10)23-49(6,7)27-66-47(63)35-16-14-20-59(54-35)46(36)62/h11,13,15,17-19,21,26,28-29,34-36,39,43,54H,1,12,14,16,20,22-25,27H2,2-10H3,(H,53,61)/t29-,34-,35-,36-,39-,43-/m0/s1. The molecule has 7 rings (SSSR count). The van der Waals surface area contributed by atoms with Crippen LogP contribution in [0.2, 0.25) is 0 Å². The van der Waals surface area contributed by atoms with Gasteiger partial charge in [0.2, 0.25) is 11.8 Å². The third kappa shape index (κ3) is 10.1. The zero-order chi connectivity index (χ0) is 48.5. The van der Waals surface area contributed by atoms with E-state index in [4.69, 9.17) is 19.4 Å². The summed E-state index contributed by atoms with van der Waals surface area (Å²) in [6.45, 7) is 16.0. The number of benzene rings is 1. The summed E-state index contributed by atoms with van der Waals surface area (Å²) in [5.41, 5.74) is 9.05. The van der Waals surface area contributed by atoms with Crippen LogP contribution >= 0.6 is 11.3 Å². The van der Waals surface area contributed by atoms with Gasteiger partial charge in [-0.15, -0.1) is 11.3 Å². The molecule has 4 aromatic rings. The fourth-order valence-corrected chi connectivity index (χ4v) is 10.5. The Morgan fingerprint density at radius 2 is 1.93 bits per heavy atom. The molecule has 3 aliphatic rings. The monoisotopic (exact) mass is 941 g/mol. The number of thiazole rings is 1. The lowest BCUT2D eigenvalue weighted by molar-refractivity contribution is -0.155. The number of hydrazine groups is 1. The summed E-state index contributed by atoms with van der Waals surface area (Å²) in [6, 6.07) is 5.80. The van der Waals surface area contributed by atoms with Crippen molar-refractivity contribution in [2.45, 2.75) is 110 Å². The first-order valence-corrected chi connectivity index (χ1v) is 23.9. The predicted octanol–water partition coefficient (Wildman–Crippen LogP) is 5.95. The van der Waals surface area contributed by atoms with Gasteiger partial charge in [-0.05, 0) is 74.9 Å². The number of ether oxygens (including phenoxy) is 2. The Hall–Kier alpha value is -5.72. The number of carbonyl (C=O) groups is 5. The first-order chi connectivity index (χ1) is 31.9. The van der Waals surface area contributed by atoms with E-state index in [0.29, 0.717) is 36.5 Å². The summed E-state index contributed by atoms with van der Waals surface area (Å²) in [6.07, 6.45) is 2.62. The highest BCUT2D eigenvalue weighted by Gasteiger charge is 2.43. The number of hydrogen-bond donors (Lipinski definition) is 2. The van der Waals surface area contributed by atoms with Crippen molar-refractivity contribution in [1.29, 1.82) is 0 Å². The molecule has 6 heterocycles. The molecule has 2 N–H and O–H groups in total. The summed E-state index contributed by atoms with van der Waals surface area (Å²) in [5, 5.41) is 7.89. The van der Waals surface area contributed by atoms with Gasteiger partial charge in [0.1, 0.15) is 24.3 Å². The van der Waals surface area contributed by atoms with E-state index in [9.17, 15) is 24.0 Å². The minimum Gasteiger partial charge on any atom is -0.464 e. The summed E-state index contributed by atoms with van der Waals surface area (Å²) in [5.74, 6) is -2.44. The second kappa shape index (κ2) is 20.2. The summed E-state index contributed by atoms with van der Waals surface area (Å²) >= 11 is 1.37. The number of halogens is 1. The number of fused-ring (bicyclic) bond motifs is 6. The molecule has 2 saturated heterocycles. The van der Waals surface area contributed by atoms with E-state index in [1.165, 1.54) is 45.1 Å². The van der Waals surface area contributed by atoms with Crippen LogP contribution in [0.25, 0.3) is 33.4 Å². The van der Waals surface area contributed by atoms with E-state index in [-0.39, 0.29) is 38.8 Å². The minimum absolute atomic E-state index is 0.0194. The third-order valence-corrected chi connectivity index (χ3v) is 14.2. The summed E-state index contributed by atoms with van der Waals surface area (Å²) in [7, 11) is 4.61. The van der Waals surface area contributed by atoms with E-state index >= 15 is 4.39 Å². The maximum atomic E-state index is 15.3. The minimum atomic E-state index is -1.50. The highest BCUT2D eigenvalue weighted by atomic mass is 32.1. The number of aryl methyl sites for hydroxylation is 1. The van der Waals surface area contributed by atoms with E-state index in [0.717, 1.165) is 45.1 Å². The topological polar surface area (TPSA) is 172 Å². The molecule has 0 saturated carbocycles. The number of amides is 5. The fraction of sp³-hybridized carbons (Fsp3) is 0.531. The predicted molar refractivity (Wildman–Crippen MR) is 254 cm³/mol. The van der Waals surface area contributed by atoms with Gasteiger partial charge in [0, 0.05) is 86.3 Å².